The van der Waals surface area contributed by atoms with Gasteiger partial charge in [-0.3, -0.25) is 0 Å². The lowest BCUT2D eigenvalue weighted by molar-refractivity contribution is -0.347. The van der Waals surface area contributed by atoms with Gasteiger partial charge in [0.25, 0.3) is 5.60 Å². The van der Waals surface area contributed by atoms with Gasteiger partial charge in [-0.05, 0) is 59.7 Å². The highest BCUT2D eigenvalue weighted by Crippen LogP contribution is 2.44. The first kappa shape index (κ1) is 27.1. The van der Waals surface area contributed by atoms with Crippen LogP contribution in [0.4, 0.5) is 26.3 Å². The molecule has 0 aliphatic heterocycles. The molecule has 0 aliphatic rings. The van der Waals surface area contributed by atoms with Crippen LogP contribution in [0.1, 0.15) is 39.8 Å². The summed E-state index contributed by atoms with van der Waals surface area (Å²) in [6.07, 6.45) is -8.71. The van der Waals surface area contributed by atoms with Gasteiger partial charge in [0.1, 0.15) is 0 Å². The topological polar surface area (TPSA) is 60.7 Å². The molecule has 1 aromatic carbocycles. The van der Waals surface area contributed by atoms with Crippen LogP contribution in [-0.4, -0.2) is 33.3 Å². The average Bonchev–Trinajstić information content (AvgIpc) is 3.22. The number of benzene rings is 1. The molecule has 2 aromatic rings. The maximum atomic E-state index is 12.8. The summed E-state index contributed by atoms with van der Waals surface area (Å²) in [6, 6.07) is 8.99. The number of hydrogen-bond donors (Lipinski definition) is 3. The monoisotopic (exact) mass is 494 g/mol. The molecule has 33 heavy (non-hydrogen) atoms. The first-order chi connectivity index (χ1) is 15.4. The summed E-state index contributed by atoms with van der Waals surface area (Å²) in [6.45, 7) is 1.36. The van der Waals surface area contributed by atoms with Gasteiger partial charge >= 0.3 is 12.4 Å². The summed E-state index contributed by atoms with van der Waals surface area (Å²) in [4.78, 5) is 1.67. The van der Waals surface area contributed by atoms with Gasteiger partial charge in [0.05, 0.1) is 13.2 Å². The Morgan fingerprint density at radius 3 is 2.09 bits per heavy atom. The van der Waals surface area contributed by atoms with E-state index in [1.807, 2.05) is 18.2 Å². The van der Waals surface area contributed by atoms with Gasteiger partial charge in [-0.1, -0.05) is 37.3 Å². The molecule has 0 aliphatic carbocycles. The molecule has 1 heterocycles. The number of hydrogen-bond acceptors (Lipinski definition) is 4. The third-order valence-corrected chi connectivity index (χ3v) is 6.35. The van der Waals surface area contributed by atoms with Crippen molar-refractivity contribution in [1.29, 1.82) is 0 Å². The minimum Gasteiger partial charge on any atom is -0.392 e. The Kier molecular flexibility index (Phi) is 8.92. The van der Waals surface area contributed by atoms with E-state index in [-0.39, 0.29) is 19.3 Å². The van der Waals surface area contributed by atoms with E-state index in [0.717, 1.165) is 16.5 Å². The molecule has 0 unspecified atom stereocenters. The van der Waals surface area contributed by atoms with Crippen LogP contribution >= 0.6 is 11.3 Å². The highest BCUT2D eigenvalue weighted by Gasteiger charge is 2.68. The van der Waals surface area contributed by atoms with E-state index < -0.39 is 18.0 Å². The van der Waals surface area contributed by atoms with E-state index >= 15 is 0 Å². The number of aryl methyl sites for hydroxylation is 2. The predicted molar refractivity (Wildman–Crippen MR) is 114 cm³/mol. The normalized spacial score (nSPS) is 13.8. The maximum Gasteiger partial charge on any atom is 0.430 e. The first-order valence-electron chi connectivity index (χ1n) is 10.0. The van der Waals surface area contributed by atoms with Crippen molar-refractivity contribution in [2.45, 2.75) is 57.4 Å². The standard InChI is InChI=1S/C23H24F6O3S/c1-2-16(4-3-11-21(32,22(24,25)26)23(27,28)29)20-10-9-19(33-20)8-6-15-5-7-17(13-30)18(12-15)14-31/h3-5,7,9-12,30-32H,2,6,8,13-14H2,1H3/b11-3+,16-4-. The van der Waals surface area contributed by atoms with Crippen molar-refractivity contribution < 1.29 is 41.7 Å². The summed E-state index contributed by atoms with van der Waals surface area (Å²) in [5, 5.41) is 27.9. The molecule has 3 N–H and O–H groups in total. The Labute approximate surface area is 191 Å². The van der Waals surface area contributed by atoms with Crippen LogP contribution in [0.3, 0.4) is 0 Å². The van der Waals surface area contributed by atoms with Crippen LogP contribution < -0.4 is 0 Å². The summed E-state index contributed by atoms with van der Waals surface area (Å²) in [7, 11) is 0. The zero-order chi connectivity index (χ0) is 24.9. The SMILES string of the molecule is CC/C(=C/C=C/C(O)(C(F)(F)F)C(F)(F)F)c1ccc(CCc2ccc(CO)c(CO)c2)s1. The van der Waals surface area contributed by atoms with Gasteiger partial charge in [-0.25, -0.2) is 0 Å². The molecule has 10 heteroatoms. The second kappa shape index (κ2) is 10.9. The fourth-order valence-electron chi connectivity index (χ4n) is 3.12. The van der Waals surface area contributed by atoms with Crippen LogP contribution in [0.25, 0.3) is 5.57 Å². The molecule has 1 aromatic heterocycles. The van der Waals surface area contributed by atoms with Gasteiger partial charge in [0.15, 0.2) is 0 Å². The van der Waals surface area contributed by atoms with Crippen molar-refractivity contribution in [1.82, 2.24) is 0 Å². The van der Waals surface area contributed by atoms with E-state index in [1.54, 1.807) is 19.1 Å². The number of allylic oxidation sites excluding steroid dienone is 3. The summed E-state index contributed by atoms with van der Waals surface area (Å²) < 4.78 is 76.7. The van der Waals surface area contributed by atoms with Crippen LogP contribution in [0.15, 0.2) is 48.6 Å². The Morgan fingerprint density at radius 1 is 0.909 bits per heavy atom. The number of thiophene rings is 1. The third kappa shape index (κ3) is 6.47. The first-order valence-corrected chi connectivity index (χ1v) is 10.8. The van der Waals surface area contributed by atoms with Crippen LogP contribution in [0.5, 0.6) is 0 Å². The predicted octanol–water partition coefficient (Wildman–Crippen LogP) is 5.72. The summed E-state index contributed by atoms with van der Waals surface area (Å²) in [5.74, 6) is 0. The summed E-state index contributed by atoms with van der Waals surface area (Å²) >= 11 is 1.37. The number of alkyl halides is 6. The molecule has 0 spiro atoms. The molecule has 0 amide bonds. The molecule has 3 nitrogen and oxygen atoms in total. The molecule has 0 saturated heterocycles. The number of aliphatic hydroxyl groups excluding tert-OH is 2. The Hall–Kier alpha value is -2.14. The Bertz CT molecular complexity index is 975. The van der Waals surface area contributed by atoms with Crippen molar-refractivity contribution in [3.8, 4) is 0 Å². The lowest BCUT2D eigenvalue weighted by Crippen LogP contribution is -2.55. The molecule has 182 valence electrons. The molecule has 0 atom stereocenters. The van der Waals surface area contributed by atoms with Gasteiger partial charge in [-0.15, -0.1) is 11.3 Å². The third-order valence-electron chi connectivity index (χ3n) is 5.13. The number of rotatable bonds is 9. The van der Waals surface area contributed by atoms with E-state index in [9.17, 15) is 41.7 Å². The fourth-order valence-corrected chi connectivity index (χ4v) is 4.22. The van der Waals surface area contributed by atoms with E-state index in [2.05, 4.69) is 0 Å². The van der Waals surface area contributed by atoms with E-state index in [0.29, 0.717) is 46.9 Å². The highest BCUT2D eigenvalue weighted by molar-refractivity contribution is 7.13. The van der Waals surface area contributed by atoms with Crippen LogP contribution in [-0.2, 0) is 26.1 Å². The highest BCUT2D eigenvalue weighted by atomic mass is 32.1. The maximum absolute atomic E-state index is 12.8. The van der Waals surface area contributed by atoms with Crippen LogP contribution in [0.2, 0.25) is 0 Å². The average molecular weight is 494 g/mol. The quantitative estimate of drug-likeness (QED) is 0.309. The molecular weight excluding hydrogens is 470 g/mol. The molecule has 0 bridgehead atoms. The van der Waals surface area contributed by atoms with Gasteiger partial charge < -0.3 is 15.3 Å². The van der Waals surface area contributed by atoms with Crippen molar-refractivity contribution >= 4 is 16.9 Å². The zero-order valence-electron chi connectivity index (χ0n) is 17.7. The lowest BCUT2D eigenvalue weighted by Gasteiger charge is -2.29. The van der Waals surface area contributed by atoms with Crippen LogP contribution in [0, 0.1) is 0 Å². The van der Waals surface area contributed by atoms with Gasteiger partial charge in [0.2, 0.25) is 0 Å². The Balaban J connectivity index is 2.15. The second-order valence-electron chi connectivity index (χ2n) is 7.35. The minimum absolute atomic E-state index is 0.172. The molecule has 0 saturated carbocycles. The zero-order valence-corrected chi connectivity index (χ0v) is 18.5. The molecule has 2 rings (SSSR count). The van der Waals surface area contributed by atoms with Crippen molar-refractivity contribution in [3.05, 3.63) is 75.0 Å². The van der Waals surface area contributed by atoms with Gasteiger partial charge in [0, 0.05) is 9.75 Å². The minimum atomic E-state index is -5.90. The van der Waals surface area contributed by atoms with E-state index in [1.165, 1.54) is 11.3 Å². The van der Waals surface area contributed by atoms with Crippen molar-refractivity contribution in [2.75, 3.05) is 0 Å². The number of halogens is 6. The van der Waals surface area contributed by atoms with Crippen molar-refractivity contribution in [2.24, 2.45) is 0 Å². The number of aliphatic hydroxyl groups is 3. The van der Waals surface area contributed by atoms with Crippen molar-refractivity contribution in [3.63, 3.8) is 0 Å². The molecular formula is C23H24F6O3S. The largest absolute Gasteiger partial charge is 0.430 e. The smallest absolute Gasteiger partial charge is 0.392 e. The molecule has 0 radical (unpaired) electrons. The molecule has 0 fully saturated rings. The Morgan fingerprint density at radius 2 is 1.55 bits per heavy atom. The van der Waals surface area contributed by atoms with E-state index in [4.69, 9.17) is 0 Å². The second-order valence-corrected chi connectivity index (χ2v) is 8.52. The fraction of sp³-hybridized carbons (Fsp3) is 0.391. The lowest BCUT2D eigenvalue weighted by atomic mass is 10.0. The summed E-state index contributed by atoms with van der Waals surface area (Å²) in [5.41, 5.74) is -2.14. The van der Waals surface area contributed by atoms with Gasteiger partial charge in [-0.2, -0.15) is 26.3 Å².